The number of pyridine rings is 1. The number of rotatable bonds is 3. The Morgan fingerprint density at radius 1 is 1.11 bits per heavy atom. The predicted octanol–water partition coefficient (Wildman–Crippen LogP) is 3.10. The molecule has 2 rings (SSSR count). The van der Waals surface area contributed by atoms with E-state index in [9.17, 15) is 13.6 Å². The van der Waals surface area contributed by atoms with Gasteiger partial charge in [0.1, 0.15) is 11.6 Å². The molecule has 0 unspecified atom stereocenters. The lowest BCUT2D eigenvalue weighted by molar-refractivity contribution is -0.103. The molecule has 18 heavy (non-hydrogen) atoms. The van der Waals surface area contributed by atoms with Crippen LogP contribution >= 0.6 is 0 Å². The number of nitrogens with zero attached hydrogens (tertiary/aromatic N) is 1. The summed E-state index contributed by atoms with van der Waals surface area (Å²) in [4.78, 5) is 14.9. The summed E-state index contributed by atoms with van der Waals surface area (Å²) in [7, 11) is 0. The average Bonchev–Trinajstić information content (AvgIpc) is 2.38. The quantitative estimate of drug-likeness (QED) is 0.614. The van der Waals surface area contributed by atoms with Crippen LogP contribution in [0.15, 0.2) is 42.7 Å². The van der Waals surface area contributed by atoms with E-state index in [0.29, 0.717) is 11.8 Å². The van der Waals surface area contributed by atoms with E-state index >= 15 is 0 Å². The van der Waals surface area contributed by atoms with Crippen molar-refractivity contribution in [3.8, 4) is 0 Å². The van der Waals surface area contributed by atoms with Crippen LogP contribution in [-0.4, -0.2) is 11.3 Å². The summed E-state index contributed by atoms with van der Waals surface area (Å²) in [6.45, 7) is 0. The van der Waals surface area contributed by atoms with Gasteiger partial charge in [0.2, 0.25) is 0 Å². The van der Waals surface area contributed by atoms with Crippen LogP contribution in [0.25, 0.3) is 11.6 Å². The molecule has 0 amide bonds. The summed E-state index contributed by atoms with van der Waals surface area (Å²) in [6.07, 6.45) is 4.89. The van der Waals surface area contributed by atoms with E-state index in [4.69, 9.17) is 0 Å². The Bertz CT molecular complexity index is 574. The van der Waals surface area contributed by atoms with Gasteiger partial charge in [-0.25, -0.2) is 8.78 Å². The number of carbonyl (C=O) groups excluding carboxylic acids is 1. The maximum absolute atomic E-state index is 13.5. The van der Waals surface area contributed by atoms with Gasteiger partial charge in [-0.05, 0) is 29.8 Å². The Balaban J connectivity index is 2.53. The van der Waals surface area contributed by atoms with Crippen LogP contribution in [0, 0.1) is 11.6 Å². The molecule has 90 valence electrons. The lowest BCUT2D eigenvalue weighted by Gasteiger charge is -2.04. The Morgan fingerprint density at radius 3 is 2.39 bits per heavy atom. The molecule has 2 nitrogen and oxygen atoms in total. The van der Waals surface area contributed by atoms with E-state index < -0.39 is 11.6 Å². The summed E-state index contributed by atoms with van der Waals surface area (Å²) in [6, 6.07) is 6.83. The van der Waals surface area contributed by atoms with E-state index in [0.717, 1.165) is 12.1 Å². The maximum Gasteiger partial charge on any atom is 0.150 e. The minimum atomic E-state index is -0.766. The first kappa shape index (κ1) is 12.1. The van der Waals surface area contributed by atoms with Crippen molar-refractivity contribution >= 4 is 17.9 Å². The molecule has 4 heteroatoms. The Morgan fingerprint density at radius 2 is 1.83 bits per heavy atom. The first-order valence-electron chi connectivity index (χ1n) is 5.23. The largest absolute Gasteiger partial charge is 0.298 e. The number of halogens is 2. The fraction of sp³-hybridized carbons (Fsp3) is 0. The lowest BCUT2D eigenvalue weighted by atomic mass is 10.0. The minimum absolute atomic E-state index is 0.0569. The van der Waals surface area contributed by atoms with Crippen molar-refractivity contribution in [3.05, 3.63) is 65.5 Å². The third kappa shape index (κ3) is 2.48. The molecule has 0 saturated heterocycles. The van der Waals surface area contributed by atoms with Crippen LogP contribution < -0.4 is 0 Å². The van der Waals surface area contributed by atoms with Gasteiger partial charge in [0.05, 0.1) is 5.56 Å². The van der Waals surface area contributed by atoms with E-state index in [1.807, 2.05) is 0 Å². The van der Waals surface area contributed by atoms with Crippen molar-refractivity contribution in [2.24, 2.45) is 0 Å². The second kappa shape index (κ2) is 5.31. The fourth-order valence-corrected chi connectivity index (χ4v) is 1.58. The topological polar surface area (TPSA) is 30.0 Å². The SMILES string of the molecule is O=C/C(=C\c1cccnc1)c1c(F)cccc1F. The van der Waals surface area contributed by atoms with E-state index in [1.54, 1.807) is 18.3 Å². The Hall–Kier alpha value is -2.36. The highest BCUT2D eigenvalue weighted by Crippen LogP contribution is 2.22. The van der Waals surface area contributed by atoms with Crippen molar-refractivity contribution in [2.75, 3.05) is 0 Å². The molecule has 0 aliphatic heterocycles. The van der Waals surface area contributed by atoms with Crippen LogP contribution in [0.2, 0.25) is 0 Å². The van der Waals surface area contributed by atoms with E-state index in [-0.39, 0.29) is 11.1 Å². The number of hydrogen-bond donors (Lipinski definition) is 0. The van der Waals surface area contributed by atoms with Crippen molar-refractivity contribution in [1.82, 2.24) is 4.98 Å². The second-order valence-corrected chi connectivity index (χ2v) is 3.60. The third-order valence-corrected chi connectivity index (χ3v) is 2.38. The molecular formula is C14H9F2NO. The zero-order valence-electron chi connectivity index (χ0n) is 9.31. The van der Waals surface area contributed by atoms with Crippen molar-refractivity contribution < 1.29 is 13.6 Å². The first-order chi connectivity index (χ1) is 8.72. The normalized spacial score (nSPS) is 11.3. The van der Waals surface area contributed by atoms with Gasteiger partial charge in [0, 0.05) is 18.0 Å². The molecule has 1 aromatic heterocycles. The molecule has 0 fully saturated rings. The molecule has 0 aliphatic carbocycles. The van der Waals surface area contributed by atoms with Gasteiger partial charge in [-0.3, -0.25) is 9.78 Å². The average molecular weight is 245 g/mol. The molecule has 0 N–H and O–H groups in total. The standard InChI is InChI=1S/C14H9F2NO/c15-12-4-1-5-13(16)14(12)11(9-18)7-10-3-2-6-17-8-10/h1-9H/b11-7+. The molecule has 0 radical (unpaired) electrons. The third-order valence-electron chi connectivity index (χ3n) is 2.38. The molecule has 2 aromatic rings. The molecule has 0 saturated carbocycles. The van der Waals surface area contributed by atoms with Crippen molar-refractivity contribution in [3.63, 3.8) is 0 Å². The van der Waals surface area contributed by atoms with Gasteiger partial charge >= 0.3 is 0 Å². The summed E-state index contributed by atoms with van der Waals surface area (Å²) >= 11 is 0. The molecule has 0 bridgehead atoms. The minimum Gasteiger partial charge on any atom is -0.298 e. The zero-order valence-corrected chi connectivity index (χ0v) is 9.31. The van der Waals surface area contributed by atoms with Crippen LogP contribution in [-0.2, 0) is 4.79 Å². The summed E-state index contributed by atoms with van der Waals surface area (Å²) < 4.78 is 27.1. The van der Waals surface area contributed by atoms with E-state index in [1.165, 1.54) is 18.3 Å². The van der Waals surface area contributed by atoms with Gasteiger partial charge in [-0.15, -0.1) is 0 Å². The van der Waals surface area contributed by atoms with E-state index in [2.05, 4.69) is 4.98 Å². The van der Waals surface area contributed by atoms with Gasteiger partial charge in [0.15, 0.2) is 6.29 Å². The zero-order chi connectivity index (χ0) is 13.0. The van der Waals surface area contributed by atoms with Crippen molar-refractivity contribution in [1.29, 1.82) is 0 Å². The van der Waals surface area contributed by atoms with Crippen LogP contribution in [0.5, 0.6) is 0 Å². The summed E-state index contributed by atoms with van der Waals surface area (Å²) in [5.74, 6) is -1.53. The fourth-order valence-electron chi connectivity index (χ4n) is 1.58. The Labute approximate surface area is 103 Å². The number of allylic oxidation sites excluding steroid dienone is 1. The van der Waals surface area contributed by atoms with Gasteiger partial charge < -0.3 is 0 Å². The number of carbonyl (C=O) groups is 1. The molecule has 0 spiro atoms. The Kier molecular flexibility index (Phi) is 3.57. The highest BCUT2D eigenvalue weighted by Gasteiger charge is 2.12. The summed E-state index contributed by atoms with van der Waals surface area (Å²) in [5.41, 5.74) is 0.220. The highest BCUT2D eigenvalue weighted by molar-refractivity contribution is 6.13. The molecule has 1 aromatic carbocycles. The van der Waals surface area contributed by atoms with Crippen LogP contribution in [0.3, 0.4) is 0 Å². The van der Waals surface area contributed by atoms with Crippen LogP contribution in [0.4, 0.5) is 8.78 Å². The molecule has 1 heterocycles. The number of hydrogen-bond acceptors (Lipinski definition) is 2. The highest BCUT2D eigenvalue weighted by atomic mass is 19.1. The second-order valence-electron chi connectivity index (χ2n) is 3.60. The van der Waals surface area contributed by atoms with Crippen molar-refractivity contribution in [2.45, 2.75) is 0 Å². The first-order valence-corrected chi connectivity index (χ1v) is 5.23. The maximum atomic E-state index is 13.5. The van der Waals surface area contributed by atoms with Gasteiger partial charge in [-0.1, -0.05) is 12.1 Å². The van der Waals surface area contributed by atoms with Gasteiger partial charge in [-0.2, -0.15) is 0 Å². The molecular weight excluding hydrogens is 236 g/mol. The predicted molar refractivity (Wildman–Crippen MR) is 64.5 cm³/mol. The van der Waals surface area contributed by atoms with Gasteiger partial charge in [0.25, 0.3) is 0 Å². The lowest BCUT2D eigenvalue weighted by Crippen LogP contribution is -1.96. The smallest absolute Gasteiger partial charge is 0.150 e. The van der Waals surface area contributed by atoms with Crippen LogP contribution in [0.1, 0.15) is 11.1 Å². The summed E-state index contributed by atoms with van der Waals surface area (Å²) in [5, 5.41) is 0. The number of aldehydes is 1. The number of benzene rings is 1. The molecule has 0 atom stereocenters. The molecule has 0 aliphatic rings. The monoisotopic (exact) mass is 245 g/mol. The number of aromatic nitrogens is 1.